The zero-order valence-corrected chi connectivity index (χ0v) is 14.5. The summed E-state index contributed by atoms with van der Waals surface area (Å²) in [5.41, 5.74) is 3.49. The molecule has 0 amide bonds. The number of methoxy groups -OCH3 is 1. The fourth-order valence-electron chi connectivity index (χ4n) is 2.43. The van der Waals surface area contributed by atoms with Gasteiger partial charge in [0.05, 0.1) is 18.5 Å². The molecule has 7 heteroatoms. The van der Waals surface area contributed by atoms with Gasteiger partial charge in [0.2, 0.25) is 0 Å². The quantitative estimate of drug-likeness (QED) is 0.660. The van der Waals surface area contributed by atoms with E-state index < -0.39 is 5.97 Å². The normalized spacial score (nSPS) is 10.8. The van der Waals surface area contributed by atoms with Crippen LogP contribution in [0.25, 0.3) is 16.8 Å². The number of aromatic nitrogens is 4. The molecule has 23 heavy (non-hydrogen) atoms. The van der Waals surface area contributed by atoms with Gasteiger partial charge in [-0.25, -0.2) is 9.48 Å². The maximum Gasteiger partial charge on any atom is 0.359 e. The van der Waals surface area contributed by atoms with Gasteiger partial charge in [0.15, 0.2) is 5.69 Å². The summed E-state index contributed by atoms with van der Waals surface area (Å²) in [5.74, 6) is -0.475. The highest BCUT2D eigenvalue weighted by atomic mass is 79.9. The number of halogens is 1. The number of carbonyl (C=O) groups is 1. The largest absolute Gasteiger partial charge is 0.464 e. The molecule has 1 aromatic carbocycles. The van der Waals surface area contributed by atoms with Gasteiger partial charge in [-0.15, -0.1) is 0 Å². The highest BCUT2D eigenvalue weighted by Crippen LogP contribution is 2.28. The van der Waals surface area contributed by atoms with Crippen molar-refractivity contribution in [1.29, 1.82) is 0 Å². The Labute approximate surface area is 141 Å². The first-order valence-corrected chi connectivity index (χ1v) is 7.73. The molecule has 3 rings (SSSR count). The molecule has 0 spiro atoms. The van der Waals surface area contributed by atoms with Crippen molar-refractivity contribution in [1.82, 2.24) is 19.6 Å². The van der Waals surface area contributed by atoms with Gasteiger partial charge in [0.1, 0.15) is 0 Å². The Bertz CT molecular complexity index is 882. The summed E-state index contributed by atoms with van der Waals surface area (Å²) in [7, 11) is 3.19. The van der Waals surface area contributed by atoms with Crippen molar-refractivity contribution in [2.24, 2.45) is 7.05 Å². The lowest BCUT2D eigenvalue weighted by Gasteiger charge is -2.00. The number of nitrogens with zero attached hydrogens (tertiary/aromatic N) is 4. The van der Waals surface area contributed by atoms with Crippen LogP contribution in [0.15, 0.2) is 41.1 Å². The first-order valence-electron chi connectivity index (χ1n) is 6.94. The third-order valence-electron chi connectivity index (χ3n) is 3.47. The molecule has 0 atom stereocenters. The predicted octanol–water partition coefficient (Wildman–Crippen LogP) is 3.13. The fourth-order valence-corrected chi connectivity index (χ4v) is 2.82. The lowest BCUT2D eigenvalue weighted by atomic mass is 10.1. The lowest BCUT2D eigenvalue weighted by Crippen LogP contribution is -2.05. The topological polar surface area (TPSA) is 61.9 Å². The Morgan fingerprint density at radius 3 is 2.61 bits per heavy atom. The molecule has 0 N–H and O–H groups in total. The van der Waals surface area contributed by atoms with Gasteiger partial charge in [-0.1, -0.05) is 22.0 Å². The van der Waals surface area contributed by atoms with Crippen molar-refractivity contribution in [3.63, 3.8) is 0 Å². The molecule has 0 radical (unpaired) electrons. The van der Waals surface area contributed by atoms with E-state index in [0.29, 0.717) is 5.56 Å². The van der Waals surface area contributed by atoms with E-state index in [1.54, 1.807) is 9.36 Å². The smallest absolute Gasteiger partial charge is 0.359 e. The number of esters is 1. The molecule has 2 aromatic heterocycles. The van der Waals surface area contributed by atoms with E-state index in [1.807, 2.05) is 50.6 Å². The van der Waals surface area contributed by atoms with Crippen LogP contribution in [0.3, 0.4) is 0 Å². The predicted molar refractivity (Wildman–Crippen MR) is 89.5 cm³/mol. The summed E-state index contributed by atoms with van der Waals surface area (Å²) in [6.45, 7) is 1.90. The Morgan fingerprint density at radius 2 is 2.00 bits per heavy atom. The Morgan fingerprint density at radius 1 is 1.22 bits per heavy atom. The molecule has 0 bridgehead atoms. The third kappa shape index (κ3) is 2.92. The van der Waals surface area contributed by atoms with Crippen LogP contribution in [-0.2, 0) is 11.8 Å². The van der Waals surface area contributed by atoms with E-state index in [1.165, 1.54) is 7.11 Å². The van der Waals surface area contributed by atoms with Crippen molar-refractivity contribution in [3.8, 4) is 16.8 Å². The minimum atomic E-state index is -0.475. The van der Waals surface area contributed by atoms with Gasteiger partial charge >= 0.3 is 5.97 Å². The maximum atomic E-state index is 12.1. The van der Waals surface area contributed by atoms with E-state index in [9.17, 15) is 4.79 Å². The van der Waals surface area contributed by atoms with Crippen LogP contribution in [0.1, 0.15) is 16.2 Å². The van der Waals surface area contributed by atoms with E-state index >= 15 is 0 Å². The van der Waals surface area contributed by atoms with E-state index in [-0.39, 0.29) is 5.69 Å². The van der Waals surface area contributed by atoms with Crippen molar-refractivity contribution in [2.75, 3.05) is 7.11 Å². The SMILES string of the molecule is COC(=O)c1nn(-c2cccc(Br)c2)cc1-c1cn(C)nc1C. The molecule has 0 saturated heterocycles. The first-order chi connectivity index (χ1) is 11.0. The van der Waals surface area contributed by atoms with Gasteiger partial charge in [-0.2, -0.15) is 10.2 Å². The molecule has 0 aliphatic carbocycles. The molecule has 3 aromatic rings. The van der Waals surface area contributed by atoms with Crippen molar-refractivity contribution >= 4 is 21.9 Å². The maximum absolute atomic E-state index is 12.1. The van der Waals surface area contributed by atoms with Crippen LogP contribution in [0.2, 0.25) is 0 Å². The standard InChI is InChI=1S/C16H15BrN4O2/c1-10-13(8-20(2)18-10)14-9-21(19-15(14)16(22)23-3)12-6-4-5-11(17)7-12/h4-9H,1-3H3. The minimum absolute atomic E-state index is 0.267. The van der Waals surface area contributed by atoms with Gasteiger partial charge in [-0.05, 0) is 25.1 Å². The van der Waals surface area contributed by atoms with E-state index in [4.69, 9.17) is 4.74 Å². The summed E-state index contributed by atoms with van der Waals surface area (Å²) < 4.78 is 9.18. The average molecular weight is 375 g/mol. The second-order valence-electron chi connectivity index (χ2n) is 5.11. The highest BCUT2D eigenvalue weighted by molar-refractivity contribution is 9.10. The molecule has 0 unspecified atom stereocenters. The van der Waals surface area contributed by atoms with E-state index in [0.717, 1.165) is 21.4 Å². The Balaban J connectivity index is 2.18. The van der Waals surface area contributed by atoms with Crippen LogP contribution in [-0.4, -0.2) is 32.6 Å². The third-order valence-corrected chi connectivity index (χ3v) is 3.96. The summed E-state index contributed by atoms with van der Waals surface area (Å²) in [4.78, 5) is 12.1. The first kappa shape index (κ1) is 15.5. The molecule has 0 saturated carbocycles. The number of aryl methyl sites for hydroxylation is 2. The lowest BCUT2D eigenvalue weighted by molar-refractivity contribution is 0.0594. The van der Waals surface area contributed by atoms with Crippen molar-refractivity contribution in [2.45, 2.75) is 6.92 Å². The number of rotatable bonds is 3. The van der Waals surface area contributed by atoms with Crippen LogP contribution in [0.5, 0.6) is 0 Å². The summed E-state index contributed by atoms with van der Waals surface area (Å²) in [6.07, 6.45) is 3.68. The zero-order chi connectivity index (χ0) is 16.6. The van der Waals surface area contributed by atoms with Crippen molar-refractivity contribution < 1.29 is 9.53 Å². The van der Waals surface area contributed by atoms with Gasteiger partial charge in [-0.3, -0.25) is 4.68 Å². The Hall–Kier alpha value is -2.41. The van der Waals surface area contributed by atoms with Crippen LogP contribution < -0.4 is 0 Å². The molecule has 6 nitrogen and oxygen atoms in total. The number of benzene rings is 1. The fraction of sp³-hybridized carbons (Fsp3) is 0.188. The number of ether oxygens (including phenoxy) is 1. The number of carbonyl (C=O) groups excluding carboxylic acids is 1. The highest BCUT2D eigenvalue weighted by Gasteiger charge is 2.22. The van der Waals surface area contributed by atoms with Gasteiger partial charge < -0.3 is 4.74 Å². The molecular weight excluding hydrogens is 360 g/mol. The van der Waals surface area contributed by atoms with E-state index in [2.05, 4.69) is 26.1 Å². The van der Waals surface area contributed by atoms with Gasteiger partial charge in [0, 0.05) is 35.0 Å². The molecule has 0 aliphatic rings. The zero-order valence-electron chi connectivity index (χ0n) is 12.9. The van der Waals surface area contributed by atoms with Crippen molar-refractivity contribution in [3.05, 3.63) is 52.5 Å². The second-order valence-corrected chi connectivity index (χ2v) is 6.02. The summed E-state index contributed by atoms with van der Waals surface area (Å²) in [5, 5.41) is 8.73. The van der Waals surface area contributed by atoms with Gasteiger partial charge in [0.25, 0.3) is 0 Å². The molecule has 118 valence electrons. The number of hydrogen-bond acceptors (Lipinski definition) is 4. The second kappa shape index (κ2) is 6.00. The Kier molecular flexibility index (Phi) is 4.04. The van der Waals surface area contributed by atoms with Crippen LogP contribution >= 0.6 is 15.9 Å². The molecule has 0 aliphatic heterocycles. The average Bonchev–Trinajstić information content (AvgIpc) is 3.09. The summed E-state index contributed by atoms with van der Waals surface area (Å²) in [6, 6.07) is 7.68. The van der Waals surface area contributed by atoms with Crippen LogP contribution in [0.4, 0.5) is 0 Å². The molecule has 0 fully saturated rings. The molecular formula is C16H15BrN4O2. The molecule has 2 heterocycles. The minimum Gasteiger partial charge on any atom is -0.464 e. The number of hydrogen-bond donors (Lipinski definition) is 0. The summed E-state index contributed by atoms with van der Waals surface area (Å²) >= 11 is 3.44. The van der Waals surface area contributed by atoms with Crippen LogP contribution in [0, 0.1) is 6.92 Å². The monoisotopic (exact) mass is 374 g/mol.